The maximum absolute atomic E-state index is 12.6. The number of aromatic nitrogens is 1. The van der Waals surface area contributed by atoms with Crippen LogP contribution in [0.5, 0.6) is 11.5 Å². The second-order valence-corrected chi connectivity index (χ2v) is 6.87. The number of halogens is 2. The van der Waals surface area contributed by atoms with Crippen molar-refractivity contribution in [1.29, 1.82) is 0 Å². The van der Waals surface area contributed by atoms with Crippen LogP contribution in [0.2, 0.25) is 0 Å². The third kappa shape index (κ3) is 4.69. The number of nitrogens with zero attached hydrogens (tertiary/aromatic N) is 2. The topological polar surface area (TPSA) is 104 Å². The lowest BCUT2D eigenvalue weighted by molar-refractivity contribution is -0.385. The summed E-state index contributed by atoms with van der Waals surface area (Å²) in [7, 11) is 1.16. The average Bonchev–Trinajstić information content (AvgIpc) is 3.16. The summed E-state index contributed by atoms with van der Waals surface area (Å²) in [5, 5.41) is 15.8. The van der Waals surface area contributed by atoms with E-state index in [-0.39, 0.29) is 16.4 Å². The standard InChI is InChI=1S/C19H15F2N3O5S/c1-10-3-5-11(6-4-10)13-9-30-19(22-13)23-17(25)12-7-15(28-2)16(29-18(20)21)8-14(12)24(26)27/h3-9,18H,1-2H3,(H,22,23,25). The number of benzene rings is 2. The molecule has 8 nitrogen and oxygen atoms in total. The molecule has 0 aliphatic carbocycles. The number of hydrogen-bond acceptors (Lipinski definition) is 7. The van der Waals surface area contributed by atoms with Gasteiger partial charge in [-0.25, -0.2) is 4.98 Å². The summed E-state index contributed by atoms with van der Waals surface area (Å²) >= 11 is 1.14. The fourth-order valence-corrected chi connectivity index (χ4v) is 3.30. The highest BCUT2D eigenvalue weighted by atomic mass is 32.1. The minimum atomic E-state index is -3.21. The monoisotopic (exact) mass is 435 g/mol. The Morgan fingerprint density at radius 1 is 1.23 bits per heavy atom. The first-order valence-electron chi connectivity index (χ1n) is 8.43. The summed E-state index contributed by atoms with van der Waals surface area (Å²) in [6, 6.07) is 9.30. The fraction of sp³-hybridized carbons (Fsp3) is 0.158. The number of methoxy groups -OCH3 is 1. The lowest BCUT2D eigenvalue weighted by Crippen LogP contribution is -2.15. The zero-order valence-electron chi connectivity index (χ0n) is 15.7. The van der Waals surface area contributed by atoms with Crippen LogP contribution in [0.4, 0.5) is 19.6 Å². The molecule has 0 unspecified atom stereocenters. The molecule has 0 fully saturated rings. The van der Waals surface area contributed by atoms with Crippen molar-refractivity contribution in [3.05, 3.63) is 63.0 Å². The summed E-state index contributed by atoms with van der Waals surface area (Å²) in [6.45, 7) is -1.26. The van der Waals surface area contributed by atoms with E-state index in [4.69, 9.17) is 4.74 Å². The number of alkyl halides is 2. The van der Waals surface area contributed by atoms with Gasteiger partial charge < -0.3 is 9.47 Å². The van der Waals surface area contributed by atoms with Crippen molar-refractivity contribution in [3.8, 4) is 22.8 Å². The van der Waals surface area contributed by atoms with Gasteiger partial charge in [0.25, 0.3) is 11.6 Å². The molecule has 0 bridgehead atoms. The van der Waals surface area contributed by atoms with Crippen LogP contribution >= 0.6 is 11.3 Å². The smallest absolute Gasteiger partial charge is 0.387 e. The molecule has 0 saturated carbocycles. The number of nitrogens with one attached hydrogen (secondary N) is 1. The first kappa shape index (κ1) is 21.1. The van der Waals surface area contributed by atoms with Crippen molar-refractivity contribution in [2.45, 2.75) is 13.5 Å². The normalized spacial score (nSPS) is 10.7. The minimum absolute atomic E-state index is 0.219. The van der Waals surface area contributed by atoms with Crippen LogP contribution < -0.4 is 14.8 Å². The number of thiazole rings is 1. The van der Waals surface area contributed by atoms with Crippen molar-refractivity contribution in [3.63, 3.8) is 0 Å². The van der Waals surface area contributed by atoms with Crippen LogP contribution in [0.15, 0.2) is 41.8 Å². The SMILES string of the molecule is COc1cc(C(=O)Nc2nc(-c3ccc(C)cc3)cs2)c([N+](=O)[O-])cc1OC(F)F. The number of ether oxygens (including phenoxy) is 2. The van der Waals surface area contributed by atoms with Crippen LogP contribution in [0.3, 0.4) is 0 Å². The molecule has 30 heavy (non-hydrogen) atoms. The van der Waals surface area contributed by atoms with E-state index in [0.717, 1.165) is 41.7 Å². The van der Waals surface area contributed by atoms with Crippen LogP contribution in [0.1, 0.15) is 15.9 Å². The molecule has 0 aliphatic heterocycles. The van der Waals surface area contributed by atoms with Gasteiger partial charge in [0.2, 0.25) is 0 Å². The number of carbonyl (C=O) groups excluding carboxylic acids is 1. The molecule has 11 heteroatoms. The largest absolute Gasteiger partial charge is 0.493 e. The van der Waals surface area contributed by atoms with Gasteiger partial charge in [-0.1, -0.05) is 29.8 Å². The minimum Gasteiger partial charge on any atom is -0.493 e. The molecule has 3 aromatic rings. The number of rotatable bonds is 7. The number of hydrogen-bond donors (Lipinski definition) is 1. The Morgan fingerprint density at radius 2 is 1.93 bits per heavy atom. The molecule has 156 valence electrons. The van der Waals surface area contributed by atoms with Gasteiger partial charge in [-0.3, -0.25) is 20.2 Å². The summed E-state index contributed by atoms with van der Waals surface area (Å²) in [5.41, 5.74) is 1.47. The van der Waals surface area contributed by atoms with Gasteiger partial charge >= 0.3 is 6.61 Å². The van der Waals surface area contributed by atoms with Gasteiger partial charge in [-0.05, 0) is 6.92 Å². The lowest BCUT2D eigenvalue weighted by Gasteiger charge is -2.11. The lowest BCUT2D eigenvalue weighted by atomic mass is 10.1. The van der Waals surface area contributed by atoms with E-state index in [1.807, 2.05) is 31.2 Å². The Bertz CT molecular complexity index is 1090. The zero-order valence-corrected chi connectivity index (χ0v) is 16.5. The molecular weight excluding hydrogens is 420 g/mol. The van der Waals surface area contributed by atoms with E-state index in [1.54, 1.807) is 5.38 Å². The van der Waals surface area contributed by atoms with E-state index in [0.29, 0.717) is 5.69 Å². The third-order valence-corrected chi connectivity index (χ3v) is 4.77. The first-order chi connectivity index (χ1) is 14.3. The highest BCUT2D eigenvalue weighted by Gasteiger charge is 2.26. The van der Waals surface area contributed by atoms with E-state index >= 15 is 0 Å². The molecular formula is C19H15F2N3O5S. The molecule has 0 radical (unpaired) electrons. The van der Waals surface area contributed by atoms with Crippen molar-refractivity contribution >= 4 is 28.1 Å². The predicted molar refractivity (Wildman–Crippen MR) is 107 cm³/mol. The average molecular weight is 435 g/mol. The summed E-state index contributed by atoms with van der Waals surface area (Å²) in [5.74, 6) is -1.63. The Morgan fingerprint density at radius 3 is 2.53 bits per heavy atom. The number of anilines is 1. The van der Waals surface area contributed by atoms with Gasteiger partial charge in [0, 0.05) is 17.0 Å². The van der Waals surface area contributed by atoms with E-state index < -0.39 is 28.9 Å². The summed E-state index contributed by atoms with van der Waals surface area (Å²) in [4.78, 5) is 27.4. The Balaban J connectivity index is 1.89. The second-order valence-electron chi connectivity index (χ2n) is 6.01. The van der Waals surface area contributed by atoms with Gasteiger partial charge in [-0.2, -0.15) is 8.78 Å². The summed E-state index contributed by atoms with van der Waals surface area (Å²) in [6.07, 6.45) is 0. The third-order valence-electron chi connectivity index (χ3n) is 4.01. The van der Waals surface area contributed by atoms with Crippen LogP contribution in [0, 0.1) is 17.0 Å². The molecule has 1 amide bonds. The van der Waals surface area contributed by atoms with Crippen molar-refractivity contribution in [1.82, 2.24) is 4.98 Å². The number of aryl methyl sites for hydroxylation is 1. The second kappa shape index (κ2) is 8.82. The molecule has 3 rings (SSSR count). The molecule has 0 atom stereocenters. The van der Waals surface area contributed by atoms with E-state index in [9.17, 15) is 23.7 Å². The van der Waals surface area contributed by atoms with Crippen LogP contribution in [-0.2, 0) is 0 Å². The molecule has 2 aromatic carbocycles. The van der Waals surface area contributed by atoms with Gasteiger partial charge in [0.15, 0.2) is 16.6 Å². The van der Waals surface area contributed by atoms with Crippen LogP contribution in [0.25, 0.3) is 11.3 Å². The van der Waals surface area contributed by atoms with E-state index in [2.05, 4.69) is 15.0 Å². The predicted octanol–water partition coefficient (Wildman–Crippen LogP) is 4.89. The number of amides is 1. The van der Waals surface area contributed by atoms with Gasteiger partial charge in [0.05, 0.1) is 23.8 Å². The first-order valence-corrected chi connectivity index (χ1v) is 9.31. The molecule has 0 spiro atoms. The van der Waals surface area contributed by atoms with Crippen molar-refractivity contribution in [2.24, 2.45) is 0 Å². The molecule has 1 N–H and O–H groups in total. The van der Waals surface area contributed by atoms with Crippen molar-refractivity contribution in [2.75, 3.05) is 12.4 Å². The molecule has 0 saturated heterocycles. The fourth-order valence-electron chi connectivity index (χ4n) is 2.58. The van der Waals surface area contributed by atoms with Gasteiger partial charge in [-0.15, -0.1) is 11.3 Å². The quantitative estimate of drug-likeness (QED) is 0.419. The Labute approximate surface area is 173 Å². The molecule has 1 heterocycles. The van der Waals surface area contributed by atoms with Gasteiger partial charge in [0.1, 0.15) is 5.56 Å². The highest BCUT2D eigenvalue weighted by molar-refractivity contribution is 7.14. The van der Waals surface area contributed by atoms with E-state index in [1.165, 1.54) is 0 Å². The number of nitro groups is 1. The van der Waals surface area contributed by atoms with Crippen LogP contribution in [-0.4, -0.2) is 29.5 Å². The zero-order chi connectivity index (χ0) is 21.8. The molecule has 1 aromatic heterocycles. The Hall–Kier alpha value is -3.60. The molecule has 0 aliphatic rings. The summed E-state index contributed by atoms with van der Waals surface area (Å²) < 4.78 is 34.2. The maximum atomic E-state index is 12.6. The highest BCUT2D eigenvalue weighted by Crippen LogP contribution is 2.36. The van der Waals surface area contributed by atoms with Crippen molar-refractivity contribution < 1.29 is 28.0 Å². The maximum Gasteiger partial charge on any atom is 0.387 e. The number of carbonyl (C=O) groups is 1. The Kier molecular flexibility index (Phi) is 6.21. The number of nitro benzene ring substituents is 1.